The van der Waals surface area contributed by atoms with Gasteiger partial charge in [0.25, 0.3) is 0 Å². The van der Waals surface area contributed by atoms with Crippen molar-refractivity contribution in [2.24, 2.45) is 0 Å². The van der Waals surface area contributed by atoms with Crippen LogP contribution in [0.15, 0.2) is 60.7 Å². The van der Waals surface area contributed by atoms with Gasteiger partial charge in [0, 0.05) is 22.2 Å². The van der Waals surface area contributed by atoms with E-state index in [0.29, 0.717) is 22.2 Å². The predicted octanol–water partition coefficient (Wildman–Crippen LogP) is 3.36. The average Bonchev–Trinajstić information content (AvgIpc) is 2.48. The first kappa shape index (κ1) is 12.2. The van der Waals surface area contributed by atoms with Gasteiger partial charge in [-0.05, 0) is 29.7 Å². The molecule has 0 aliphatic heterocycles. The molecule has 0 aliphatic carbocycles. The number of fused-ring (bicyclic) bond motifs is 1. The number of rotatable bonds is 2. The molecule has 3 nitrogen and oxygen atoms in total. The minimum absolute atomic E-state index is 0.140. The maximum atomic E-state index is 12.6. The second-order valence-corrected chi connectivity index (χ2v) is 4.59. The fourth-order valence-electron chi connectivity index (χ4n) is 2.33. The lowest BCUT2D eigenvalue weighted by Gasteiger charge is -2.09. The van der Waals surface area contributed by atoms with E-state index in [0.717, 1.165) is 5.39 Å². The molecule has 0 radical (unpaired) electrons. The fraction of sp³-hybridized carbons (Fsp3) is 0. The number of hydrogen-bond donors (Lipinski definition) is 2. The van der Waals surface area contributed by atoms with Gasteiger partial charge >= 0.3 is 0 Å². The Labute approximate surface area is 116 Å². The lowest BCUT2D eigenvalue weighted by Crippen LogP contribution is -2.05. The Morgan fingerprint density at radius 2 is 1.45 bits per heavy atom. The zero-order valence-corrected chi connectivity index (χ0v) is 10.7. The zero-order valence-electron chi connectivity index (χ0n) is 10.7. The molecular formula is C17H13NO2. The summed E-state index contributed by atoms with van der Waals surface area (Å²) in [5.74, 6) is 0.0254. The number of carbonyl (C=O) groups excluding carboxylic acids is 1. The van der Waals surface area contributed by atoms with Gasteiger partial charge in [0.2, 0.25) is 0 Å². The molecule has 3 heteroatoms. The largest absolute Gasteiger partial charge is 0.507 e. The van der Waals surface area contributed by atoms with E-state index in [-0.39, 0.29) is 11.5 Å². The van der Waals surface area contributed by atoms with Crippen molar-refractivity contribution in [3.8, 4) is 5.75 Å². The van der Waals surface area contributed by atoms with Crippen molar-refractivity contribution in [3.05, 3.63) is 71.8 Å². The maximum Gasteiger partial charge on any atom is 0.195 e. The SMILES string of the molecule is Nc1ccccc1C(=O)c1ccc(O)c2ccccc12. The van der Waals surface area contributed by atoms with E-state index in [1.165, 1.54) is 6.07 Å². The third kappa shape index (κ3) is 1.89. The molecule has 0 amide bonds. The molecule has 0 bridgehead atoms. The van der Waals surface area contributed by atoms with Crippen LogP contribution in [0.25, 0.3) is 10.8 Å². The highest BCUT2D eigenvalue weighted by Gasteiger charge is 2.15. The Morgan fingerprint density at radius 3 is 2.20 bits per heavy atom. The first-order valence-corrected chi connectivity index (χ1v) is 6.28. The van der Waals surface area contributed by atoms with Crippen molar-refractivity contribution in [2.75, 3.05) is 5.73 Å². The zero-order chi connectivity index (χ0) is 14.1. The first-order chi connectivity index (χ1) is 9.68. The molecule has 0 heterocycles. The highest BCUT2D eigenvalue weighted by Crippen LogP contribution is 2.29. The third-order valence-electron chi connectivity index (χ3n) is 3.35. The van der Waals surface area contributed by atoms with Crippen molar-refractivity contribution in [1.82, 2.24) is 0 Å². The number of aromatic hydroxyl groups is 1. The highest BCUT2D eigenvalue weighted by molar-refractivity contribution is 6.19. The molecule has 3 rings (SSSR count). The minimum atomic E-state index is -0.140. The lowest BCUT2D eigenvalue weighted by atomic mass is 9.96. The summed E-state index contributed by atoms with van der Waals surface area (Å²) in [6, 6.07) is 17.4. The van der Waals surface area contributed by atoms with Crippen LogP contribution >= 0.6 is 0 Å². The van der Waals surface area contributed by atoms with Gasteiger partial charge in [-0.15, -0.1) is 0 Å². The highest BCUT2D eigenvalue weighted by atomic mass is 16.3. The molecule has 20 heavy (non-hydrogen) atoms. The maximum absolute atomic E-state index is 12.6. The Balaban J connectivity index is 2.23. The second-order valence-electron chi connectivity index (χ2n) is 4.59. The molecule has 0 atom stereocenters. The Hall–Kier alpha value is -2.81. The van der Waals surface area contributed by atoms with Crippen LogP contribution < -0.4 is 5.73 Å². The van der Waals surface area contributed by atoms with E-state index in [2.05, 4.69) is 0 Å². The Kier molecular flexibility index (Phi) is 2.88. The standard InChI is InChI=1S/C17H13NO2/c18-15-8-4-3-7-14(15)17(20)13-9-10-16(19)12-6-2-1-5-11(12)13/h1-10,19H,18H2. The quantitative estimate of drug-likeness (QED) is 0.550. The fourth-order valence-corrected chi connectivity index (χ4v) is 2.33. The van der Waals surface area contributed by atoms with Crippen LogP contribution in [-0.4, -0.2) is 10.9 Å². The average molecular weight is 263 g/mol. The number of benzene rings is 3. The number of anilines is 1. The molecule has 3 aromatic rings. The van der Waals surface area contributed by atoms with Crippen molar-refractivity contribution >= 4 is 22.2 Å². The van der Waals surface area contributed by atoms with Crippen LogP contribution in [0.2, 0.25) is 0 Å². The summed E-state index contributed by atoms with van der Waals surface area (Å²) in [7, 11) is 0. The molecule has 0 fully saturated rings. The molecule has 0 aromatic heterocycles. The molecule has 0 spiro atoms. The number of nitrogen functional groups attached to an aromatic ring is 1. The molecule has 98 valence electrons. The smallest absolute Gasteiger partial charge is 0.195 e. The number of phenols is 1. The lowest BCUT2D eigenvalue weighted by molar-refractivity contribution is 0.104. The van der Waals surface area contributed by atoms with Gasteiger partial charge in [0.05, 0.1) is 0 Å². The first-order valence-electron chi connectivity index (χ1n) is 6.28. The molecule has 0 aliphatic rings. The van der Waals surface area contributed by atoms with E-state index in [1.54, 1.807) is 36.4 Å². The van der Waals surface area contributed by atoms with Gasteiger partial charge in [-0.2, -0.15) is 0 Å². The van der Waals surface area contributed by atoms with Crippen LogP contribution in [0.5, 0.6) is 5.75 Å². The van der Waals surface area contributed by atoms with E-state index in [9.17, 15) is 9.90 Å². The summed E-state index contributed by atoms with van der Waals surface area (Å²) in [5.41, 5.74) is 7.33. The topological polar surface area (TPSA) is 63.3 Å². The predicted molar refractivity (Wildman–Crippen MR) is 79.9 cm³/mol. The molecule has 0 saturated heterocycles. The summed E-state index contributed by atoms with van der Waals surface area (Å²) in [6.07, 6.45) is 0. The summed E-state index contributed by atoms with van der Waals surface area (Å²) in [5, 5.41) is 11.2. The summed E-state index contributed by atoms with van der Waals surface area (Å²) in [6.45, 7) is 0. The summed E-state index contributed by atoms with van der Waals surface area (Å²) < 4.78 is 0. The van der Waals surface area contributed by atoms with Crippen LogP contribution in [-0.2, 0) is 0 Å². The molecule has 0 saturated carbocycles. The number of nitrogens with two attached hydrogens (primary N) is 1. The number of hydrogen-bond acceptors (Lipinski definition) is 3. The molecule has 3 aromatic carbocycles. The number of para-hydroxylation sites is 1. The van der Waals surface area contributed by atoms with E-state index in [1.807, 2.05) is 18.2 Å². The van der Waals surface area contributed by atoms with Gasteiger partial charge in [0.15, 0.2) is 5.78 Å². The van der Waals surface area contributed by atoms with Crippen molar-refractivity contribution in [2.45, 2.75) is 0 Å². The van der Waals surface area contributed by atoms with E-state index < -0.39 is 0 Å². The summed E-state index contributed by atoms with van der Waals surface area (Å²) >= 11 is 0. The van der Waals surface area contributed by atoms with Gasteiger partial charge in [-0.1, -0.05) is 36.4 Å². The molecular weight excluding hydrogens is 250 g/mol. The number of phenolic OH excluding ortho intramolecular Hbond substituents is 1. The Bertz CT molecular complexity index is 809. The van der Waals surface area contributed by atoms with Gasteiger partial charge in [-0.3, -0.25) is 4.79 Å². The monoisotopic (exact) mass is 263 g/mol. The third-order valence-corrected chi connectivity index (χ3v) is 3.35. The van der Waals surface area contributed by atoms with Crippen LogP contribution in [0.3, 0.4) is 0 Å². The number of carbonyl (C=O) groups is 1. The summed E-state index contributed by atoms with van der Waals surface area (Å²) in [4.78, 5) is 12.6. The molecule has 3 N–H and O–H groups in total. The normalized spacial score (nSPS) is 10.6. The van der Waals surface area contributed by atoms with Crippen LogP contribution in [0.1, 0.15) is 15.9 Å². The van der Waals surface area contributed by atoms with Gasteiger partial charge in [-0.25, -0.2) is 0 Å². The van der Waals surface area contributed by atoms with Crippen molar-refractivity contribution in [3.63, 3.8) is 0 Å². The number of ketones is 1. The van der Waals surface area contributed by atoms with Gasteiger partial charge < -0.3 is 10.8 Å². The van der Waals surface area contributed by atoms with Crippen molar-refractivity contribution < 1.29 is 9.90 Å². The van der Waals surface area contributed by atoms with E-state index in [4.69, 9.17) is 5.73 Å². The Morgan fingerprint density at radius 1 is 0.800 bits per heavy atom. The molecule has 0 unspecified atom stereocenters. The van der Waals surface area contributed by atoms with Crippen LogP contribution in [0, 0.1) is 0 Å². The van der Waals surface area contributed by atoms with Gasteiger partial charge in [0.1, 0.15) is 5.75 Å². The minimum Gasteiger partial charge on any atom is -0.507 e. The van der Waals surface area contributed by atoms with Crippen LogP contribution in [0.4, 0.5) is 5.69 Å². The second kappa shape index (κ2) is 4.70. The van der Waals surface area contributed by atoms with Crippen molar-refractivity contribution in [1.29, 1.82) is 0 Å². The van der Waals surface area contributed by atoms with E-state index >= 15 is 0 Å².